The first-order valence-electron chi connectivity index (χ1n) is 9.91. The average Bonchev–Trinajstić information content (AvgIpc) is 3.37. The molecule has 4 aromatic rings. The maximum atomic E-state index is 14.5. The van der Waals surface area contributed by atoms with Gasteiger partial charge in [0.05, 0.1) is 17.4 Å². The van der Waals surface area contributed by atoms with Crippen LogP contribution in [0.4, 0.5) is 4.39 Å². The Hall–Kier alpha value is -3.00. The van der Waals surface area contributed by atoms with Crippen LogP contribution >= 0.6 is 11.8 Å². The zero-order valence-corrected chi connectivity index (χ0v) is 17.2. The van der Waals surface area contributed by atoms with E-state index in [1.807, 2.05) is 41.8 Å². The number of nitrogens with zero attached hydrogens (tertiary/aromatic N) is 5. The number of hydrogen-bond donors (Lipinski definition) is 0. The highest BCUT2D eigenvalue weighted by Gasteiger charge is 2.30. The van der Waals surface area contributed by atoms with Gasteiger partial charge in [0, 0.05) is 5.92 Å². The monoisotopic (exact) mass is 421 g/mol. The van der Waals surface area contributed by atoms with E-state index in [4.69, 9.17) is 4.52 Å². The maximum Gasteiger partial charge on any atom is 0.239 e. The molecule has 0 N–H and O–H groups in total. The van der Waals surface area contributed by atoms with Crippen LogP contribution in [0.1, 0.15) is 48.2 Å². The summed E-state index contributed by atoms with van der Waals surface area (Å²) in [5.74, 6) is 1.97. The van der Waals surface area contributed by atoms with Gasteiger partial charge < -0.3 is 4.52 Å². The topological polar surface area (TPSA) is 69.6 Å². The third-order valence-electron chi connectivity index (χ3n) is 5.05. The number of halogens is 1. The molecule has 2 heterocycles. The van der Waals surface area contributed by atoms with Gasteiger partial charge >= 0.3 is 0 Å². The lowest BCUT2D eigenvalue weighted by atomic mass is 10.2. The normalized spacial score (nSPS) is 14.7. The molecule has 8 heteroatoms. The molecule has 0 saturated heterocycles. The first-order chi connectivity index (χ1) is 14.7. The van der Waals surface area contributed by atoms with Gasteiger partial charge in [-0.25, -0.2) is 4.39 Å². The molecule has 1 fully saturated rings. The Kier molecular flexibility index (Phi) is 5.08. The van der Waals surface area contributed by atoms with Gasteiger partial charge in [-0.1, -0.05) is 59.4 Å². The molecule has 2 aromatic carbocycles. The van der Waals surface area contributed by atoms with Crippen LogP contribution in [0.15, 0.2) is 64.3 Å². The van der Waals surface area contributed by atoms with Gasteiger partial charge in [0.15, 0.2) is 16.8 Å². The molecule has 2 aromatic heterocycles. The van der Waals surface area contributed by atoms with E-state index in [1.165, 1.54) is 17.8 Å². The average molecular weight is 422 g/mol. The van der Waals surface area contributed by atoms with E-state index in [0.29, 0.717) is 34.9 Å². The largest absolute Gasteiger partial charge is 0.338 e. The molecule has 1 unspecified atom stereocenters. The highest BCUT2D eigenvalue weighted by Crippen LogP contribution is 2.40. The Bertz CT molecular complexity index is 1160. The van der Waals surface area contributed by atoms with Crippen molar-refractivity contribution in [1.29, 1.82) is 0 Å². The first-order valence-corrected chi connectivity index (χ1v) is 10.8. The van der Waals surface area contributed by atoms with Gasteiger partial charge in [0.1, 0.15) is 5.82 Å². The van der Waals surface area contributed by atoms with Crippen molar-refractivity contribution in [3.8, 4) is 11.4 Å². The molecule has 0 radical (unpaired) electrons. The standard InChI is InChI=1S/C22H20FN5OS/c1-14(21-24-19(27-29-21)16-11-12-16)30-22-26-25-20(17-9-5-6-10-18(17)23)28(22)13-15-7-3-2-4-8-15/h2-10,14,16H,11-13H2,1H3. The Morgan fingerprint density at radius 3 is 2.63 bits per heavy atom. The lowest BCUT2D eigenvalue weighted by molar-refractivity contribution is 0.374. The molecule has 1 aliphatic rings. The highest BCUT2D eigenvalue weighted by atomic mass is 32.2. The van der Waals surface area contributed by atoms with Gasteiger partial charge in [0.2, 0.25) is 5.89 Å². The number of thioether (sulfide) groups is 1. The van der Waals surface area contributed by atoms with Crippen molar-refractivity contribution >= 4 is 11.8 Å². The van der Waals surface area contributed by atoms with Crippen molar-refractivity contribution < 1.29 is 8.91 Å². The molecule has 0 aliphatic heterocycles. The summed E-state index contributed by atoms with van der Waals surface area (Å²) in [5, 5.41) is 13.4. The van der Waals surface area contributed by atoms with Gasteiger partial charge in [-0.2, -0.15) is 4.98 Å². The molecular formula is C22H20FN5OS. The molecule has 0 bridgehead atoms. The summed E-state index contributed by atoms with van der Waals surface area (Å²) in [6, 6.07) is 16.6. The molecular weight excluding hydrogens is 401 g/mol. The Morgan fingerprint density at radius 2 is 1.87 bits per heavy atom. The molecule has 0 amide bonds. The minimum atomic E-state index is -0.324. The Balaban J connectivity index is 1.48. The number of benzene rings is 2. The Morgan fingerprint density at radius 1 is 1.10 bits per heavy atom. The summed E-state index contributed by atoms with van der Waals surface area (Å²) >= 11 is 1.48. The van der Waals surface area contributed by atoms with Crippen molar-refractivity contribution in [2.45, 2.75) is 42.6 Å². The molecule has 6 nitrogen and oxygen atoms in total. The Labute approximate surface area is 177 Å². The van der Waals surface area contributed by atoms with E-state index < -0.39 is 0 Å². The summed E-state index contributed by atoms with van der Waals surface area (Å²) in [6.45, 7) is 2.53. The molecule has 5 rings (SSSR count). The quantitative estimate of drug-likeness (QED) is 0.380. The van der Waals surface area contributed by atoms with Crippen LogP contribution in [-0.2, 0) is 6.54 Å². The molecule has 1 aliphatic carbocycles. The van der Waals surface area contributed by atoms with Crippen molar-refractivity contribution in [1.82, 2.24) is 24.9 Å². The number of hydrogen-bond acceptors (Lipinski definition) is 6. The molecule has 152 valence electrons. The highest BCUT2D eigenvalue weighted by molar-refractivity contribution is 7.99. The summed E-state index contributed by atoms with van der Waals surface area (Å²) in [6.07, 6.45) is 2.25. The molecule has 1 atom stereocenters. The first kappa shape index (κ1) is 19.0. The fraction of sp³-hybridized carbons (Fsp3) is 0.273. The minimum Gasteiger partial charge on any atom is -0.338 e. The van der Waals surface area contributed by atoms with Gasteiger partial charge in [-0.05, 0) is 37.5 Å². The fourth-order valence-corrected chi connectivity index (χ4v) is 4.13. The van der Waals surface area contributed by atoms with Crippen LogP contribution in [0.3, 0.4) is 0 Å². The van der Waals surface area contributed by atoms with Crippen LogP contribution in [0, 0.1) is 5.82 Å². The van der Waals surface area contributed by atoms with E-state index in [0.717, 1.165) is 24.2 Å². The summed E-state index contributed by atoms with van der Waals surface area (Å²) in [5.41, 5.74) is 1.51. The lowest BCUT2D eigenvalue weighted by Gasteiger charge is -2.12. The molecule has 30 heavy (non-hydrogen) atoms. The van der Waals surface area contributed by atoms with Crippen LogP contribution < -0.4 is 0 Å². The van der Waals surface area contributed by atoms with Crippen molar-refractivity contribution in [2.24, 2.45) is 0 Å². The van der Waals surface area contributed by atoms with Crippen molar-refractivity contribution in [2.75, 3.05) is 0 Å². The predicted molar refractivity (Wildman–Crippen MR) is 112 cm³/mol. The SMILES string of the molecule is CC(Sc1nnc(-c2ccccc2F)n1Cc1ccccc1)c1nc(C2CC2)no1. The second-order valence-electron chi connectivity index (χ2n) is 7.38. The zero-order chi connectivity index (χ0) is 20.5. The summed E-state index contributed by atoms with van der Waals surface area (Å²) in [7, 11) is 0. The van der Waals surface area contributed by atoms with Gasteiger partial charge in [-0.15, -0.1) is 10.2 Å². The zero-order valence-electron chi connectivity index (χ0n) is 16.4. The predicted octanol–water partition coefficient (Wildman–Crippen LogP) is 5.25. The smallest absolute Gasteiger partial charge is 0.239 e. The van der Waals surface area contributed by atoms with Crippen LogP contribution in [0.25, 0.3) is 11.4 Å². The number of aromatic nitrogens is 5. The third-order valence-corrected chi connectivity index (χ3v) is 6.11. The minimum absolute atomic E-state index is 0.0998. The van der Waals surface area contributed by atoms with E-state index >= 15 is 0 Å². The van der Waals surface area contributed by atoms with Gasteiger partial charge in [0.25, 0.3) is 0 Å². The second-order valence-corrected chi connectivity index (χ2v) is 8.69. The van der Waals surface area contributed by atoms with Crippen LogP contribution in [0.5, 0.6) is 0 Å². The molecule has 0 spiro atoms. The van der Waals surface area contributed by atoms with E-state index in [1.54, 1.807) is 18.2 Å². The lowest BCUT2D eigenvalue weighted by Crippen LogP contribution is -2.05. The third kappa shape index (κ3) is 3.87. The summed E-state index contributed by atoms with van der Waals surface area (Å²) < 4.78 is 21.9. The van der Waals surface area contributed by atoms with Crippen molar-refractivity contribution in [3.63, 3.8) is 0 Å². The van der Waals surface area contributed by atoms with Crippen molar-refractivity contribution in [3.05, 3.63) is 77.7 Å². The van der Waals surface area contributed by atoms with Crippen LogP contribution in [0.2, 0.25) is 0 Å². The van der Waals surface area contributed by atoms with E-state index in [9.17, 15) is 4.39 Å². The maximum absolute atomic E-state index is 14.5. The molecule has 1 saturated carbocycles. The van der Waals surface area contributed by atoms with E-state index in [2.05, 4.69) is 20.3 Å². The fourth-order valence-electron chi connectivity index (χ4n) is 3.25. The van der Waals surface area contributed by atoms with E-state index in [-0.39, 0.29) is 11.1 Å². The van der Waals surface area contributed by atoms with Crippen LogP contribution in [-0.4, -0.2) is 24.9 Å². The number of rotatable bonds is 7. The summed E-state index contributed by atoms with van der Waals surface area (Å²) in [4.78, 5) is 4.55. The van der Waals surface area contributed by atoms with Gasteiger partial charge in [-0.3, -0.25) is 4.57 Å². The second kappa shape index (κ2) is 8.02.